The van der Waals surface area contributed by atoms with Crippen LogP contribution in [-0.4, -0.2) is 41.4 Å². The van der Waals surface area contributed by atoms with Crippen molar-refractivity contribution < 1.29 is 9.53 Å². The summed E-state index contributed by atoms with van der Waals surface area (Å²) in [7, 11) is 0. The van der Waals surface area contributed by atoms with Crippen LogP contribution in [0.25, 0.3) is 0 Å². The van der Waals surface area contributed by atoms with Gasteiger partial charge in [0.05, 0.1) is 0 Å². The lowest BCUT2D eigenvalue weighted by molar-refractivity contribution is -0.147. The van der Waals surface area contributed by atoms with Crippen LogP contribution < -0.4 is 5.73 Å². The molecule has 1 atom stereocenters. The fourth-order valence-corrected chi connectivity index (χ4v) is 2.86. The highest BCUT2D eigenvalue weighted by Gasteiger charge is 2.29. The van der Waals surface area contributed by atoms with Gasteiger partial charge >= 0.3 is 5.97 Å². The van der Waals surface area contributed by atoms with Crippen LogP contribution in [0.15, 0.2) is 0 Å². The highest BCUT2D eigenvalue weighted by molar-refractivity contribution is 8.11. The number of carbonyl (C=O) groups excluding carboxylic acids is 1. The molecular weight excluding hydrogens is 303 g/mol. The van der Waals surface area contributed by atoms with Gasteiger partial charge in [-0.1, -0.05) is 37.7 Å². The monoisotopic (exact) mass is 324 g/mol. The summed E-state index contributed by atoms with van der Waals surface area (Å²) in [5.74, 6) is 0.0225. The van der Waals surface area contributed by atoms with Crippen LogP contribution >= 0.6 is 48.7 Å². The molecule has 0 aromatic rings. The molecule has 2 N–H and O–H groups in total. The predicted molar refractivity (Wildman–Crippen MR) is 82.0 cm³/mol. The van der Waals surface area contributed by atoms with Crippen LogP contribution in [0.3, 0.4) is 0 Å². The minimum absolute atomic E-state index is 0. The van der Waals surface area contributed by atoms with E-state index in [9.17, 15) is 4.79 Å². The lowest BCUT2D eigenvalue weighted by Crippen LogP contribution is -2.39. The maximum Gasteiger partial charge on any atom is 0.325 e. The van der Waals surface area contributed by atoms with E-state index in [1.165, 1.54) is 23.9 Å². The van der Waals surface area contributed by atoms with Crippen LogP contribution in [-0.2, 0) is 9.53 Å². The van der Waals surface area contributed by atoms with E-state index in [4.69, 9.17) is 10.5 Å². The Morgan fingerprint density at radius 1 is 1.29 bits per heavy atom. The van der Waals surface area contributed by atoms with Gasteiger partial charge in [0.25, 0.3) is 0 Å². The molecule has 0 aromatic heterocycles. The molecule has 4 nitrogen and oxygen atoms in total. The van der Waals surface area contributed by atoms with E-state index in [2.05, 4.69) is 0 Å². The molecule has 0 saturated carbocycles. The largest absolute Gasteiger partial charge is 0.463 e. The van der Waals surface area contributed by atoms with E-state index in [0.29, 0.717) is 13.2 Å². The Bertz CT molecular complexity index is 196. The van der Waals surface area contributed by atoms with Crippen molar-refractivity contribution in [3.63, 3.8) is 0 Å². The predicted octanol–water partition coefficient (Wildman–Crippen LogP) is 2.21. The Balaban J connectivity index is -0.000000980. The number of hydrogen-bond acceptors (Lipinski definition) is 6. The van der Waals surface area contributed by atoms with Gasteiger partial charge in [-0.25, -0.2) is 0 Å². The first kappa shape index (κ1) is 22.8. The fourth-order valence-electron chi connectivity index (χ4n) is 1.15. The van der Waals surface area contributed by atoms with Crippen molar-refractivity contribution in [3.8, 4) is 0 Å². The molecule has 0 fully saturated rings. The van der Waals surface area contributed by atoms with Gasteiger partial charge in [-0.3, -0.25) is 4.79 Å². The summed E-state index contributed by atoms with van der Waals surface area (Å²) in [6.07, 6.45) is 3.89. The van der Waals surface area contributed by atoms with E-state index < -0.39 is 0 Å². The smallest absolute Gasteiger partial charge is 0.325 e. The summed E-state index contributed by atoms with van der Waals surface area (Å²) in [6.45, 7) is 4.68. The normalized spacial score (nSPS) is 11.7. The number of nitrogens with two attached hydrogens (primary N) is 1. The summed E-state index contributed by atoms with van der Waals surface area (Å²) >= 11 is 3.06. The second kappa shape index (κ2) is 13.1. The average Bonchev–Trinajstić information content (AvgIpc) is 2.21. The Hall–Kier alpha value is 0.670. The lowest BCUT2D eigenvalue weighted by atomic mass is 10.1. The molecule has 0 bridgehead atoms. The fraction of sp³-hybridized carbons (Fsp3) is 0.889. The van der Waals surface area contributed by atoms with Gasteiger partial charge in [-0.15, -0.1) is 24.8 Å². The lowest BCUT2D eigenvalue weighted by Gasteiger charge is -2.28. The van der Waals surface area contributed by atoms with Gasteiger partial charge in [0.15, 0.2) is 0 Å². The summed E-state index contributed by atoms with van der Waals surface area (Å²) in [5, 5.41) is 0. The minimum Gasteiger partial charge on any atom is -0.463 e. The van der Waals surface area contributed by atoms with E-state index in [1.807, 2.05) is 30.1 Å². The number of hydrogen-bond donors (Lipinski definition) is 1. The minimum atomic E-state index is -0.221. The Kier molecular flexibility index (Phi) is 17.6. The molecule has 0 aromatic carbocycles. The van der Waals surface area contributed by atoms with Crippen molar-refractivity contribution in [1.29, 1.82) is 0 Å². The first-order valence-corrected chi connectivity index (χ1v) is 7.19. The molecule has 0 radical (unpaired) electrons. The molecule has 0 aliphatic rings. The summed E-state index contributed by atoms with van der Waals surface area (Å²) < 4.78 is 7.01. The topological polar surface area (TPSA) is 55.6 Å². The van der Waals surface area contributed by atoms with E-state index in [0.717, 1.165) is 0 Å². The van der Waals surface area contributed by atoms with Crippen LogP contribution in [0.4, 0.5) is 0 Å². The highest BCUT2D eigenvalue weighted by Crippen LogP contribution is 2.26. The van der Waals surface area contributed by atoms with Crippen molar-refractivity contribution in [1.82, 2.24) is 3.71 Å². The third-order valence-electron chi connectivity index (χ3n) is 1.82. The van der Waals surface area contributed by atoms with E-state index in [-0.39, 0.29) is 42.7 Å². The second-order valence-electron chi connectivity index (χ2n) is 3.30. The average molecular weight is 325 g/mol. The van der Waals surface area contributed by atoms with Crippen molar-refractivity contribution in [2.24, 2.45) is 11.7 Å². The van der Waals surface area contributed by atoms with Gasteiger partial charge in [0.2, 0.25) is 0 Å². The molecule has 0 aliphatic heterocycles. The molecular formula is C9H22Cl2N2O2S2. The number of carbonyl (C=O) groups is 1. The van der Waals surface area contributed by atoms with Gasteiger partial charge in [0.1, 0.15) is 12.6 Å². The Morgan fingerprint density at radius 2 is 1.76 bits per heavy atom. The van der Waals surface area contributed by atoms with Gasteiger partial charge < -0.3 is 10.5 Å². The number of halogens is 2. The Labute approximate surface area is 125 Å². The quantitative estimate of drug-likeness (QED) is 0.572. The van der Waals surface area contributed by atoms with Gasteiger partial charge in [0, 0.05) is 6.54 Å². The van der Waals surface area contributed by atoms with Crippen molar-refractivity contribution >= 4 is 54.7 Å². The molecule has 0 spiro atoms. The molecule has 0 aliphatic carbocycles. The first-order chi connectivity index (χ1) is 7.08. The Morgan fingerprint density at radius 3 is 2.06 bits per heavy atom. The van der Waals surface area contributed by atoms with Crippen LogP contribution in [0.1, 0.15) is 13.8 Å². The summed E-state index contributed by atoms with van der Waals surface area (Å²) in [5.41, 5.74) is 5.29. The third-order valence-corrected chi connectivity index (χ3v) is 3.89. The SMILES string of the molecule is CSN(SC)C(C(=O)OCCN)C(C)C.Cl.Cl. The molecule has 8 heteroatoms. The number of nitrogens with zero attached hydrogens (tertiary/aromatic N) is 1. The molecule has 0 amide bonds. The van der Waals surface area contributed by atoms with Crippen molar-refractivity contribution in [2.45, 2.75) is 19.9 Å². The van der Waals surface area contributed by atoms with Crippen LogP contribution in [0.2, 0.25) is 0 Å². The van der Waals surface area contributed by atoms with Crippen LogP contribution in [0.5, 0.6) is 0 Å². The molecule has 106 valence electrons. The second-order valence-corrected chi connectivity index (χ2v) is 5.04. The number of ether oxygens (including phenoxy) is 1. The molecule has 0 saturated heterocycles. The summed E-state index contributed by atoms with van der Waals surface area (Å²) in [4.78, 5) is 11.8. The maximum absolute atomic E-state index is 11.8. The maximum atomic E-state index is 11.8. The zero-order valence-electron chi connectivity index (χ0n) is 10.5. The van der Waals surface area contributed by atoms with E-state index in [1.54, 1.807) is 0 Å². The molecule has 17 heavy (non-hydrogen) atoms. The van der Waals surface area contributed by atoms with Crippen LogP contribution in [0, 0.1) is 5.92 Å². The van der Waals surface area contributed by atoms with Crippen molar-refractivity contribution in [2.75, 3.05) is 25.7 Å². The van der Waals surface area contributed by atoms with Gasteiger partial charge in [-0.05, 0) is 18.4 Å². The van der Waals surface area contributed by atoms with Gasteiger partial charge in [-0.2, -0.15) is 3.71 Å². The number of rotatable bonds is 7. The number of esters is 1. The standard InChI is InChI=1S/C9H20N2O2S2.2ClH/c1-7(2)8(11(14-3)15-4)9(12)13-6-5-10;;/h7-8H,5-6,10H2,1-4H3;2*1H. The zero-order chi connectivity index (χ0) is 11.8. The van der Waals surface area contributed by atoms with E-state index >= 15 is 0 Å². The third kappa shape index (κ3) is 8.40. The van der Waals surface area contributed by atoms with Crippen molar-refractivity contribution in [3.05, 3.63) is 0 Å². The molecule has 0 rings (SSSR count). The highest BCUT2D eigenvalue weighted by atomic mass is 35.5. The molecule has 1 unspecified atom stereocenters. The molecule has 0 heterocycles. The summed E-state index contributed by atoms with van der Waals surface area (Å²) in [6, 6.07) is -0.221. The first-order valence-electron chi connectivity index (χ1n) is 4.82. The zero-order valence-corrected chi connectivity index (χ0v) is 13.8.